The van der Waals surface area contributed by atoms with Gasteiger partial charge in [0.2, 0.25) is 0 Å². The molecular weight excluding hydrogens is 253 g/mol. The molecule has 0 amide bonds. The predicted octanol–water partition coefficient (Wildman–Crippen LogP) is 3.84. The van der Waals surface area contributed by atoms with Crippen LogP contribution >= 0.6 is 0 Å². The molecule has 2 rings (SSSR count). The normalized spacial score (nSPS) is 11.2. The monoisotopic (exact) mass is 275 g/mol. The molecule has 3 nitrogen and oxygen atoms in total. The third-order valence-electron chi connectivity index (χ3n) is 3.43. The van der Waals surface area contributed by atoms with Gasteiger partial charge in [-0.15, -0.1) is 0 Å². The zero-order chi connectivity index (χ0) is 14.4. The van der Waals surface area contributed by atoms with Crippen LogP contribution in [0.5, 0.6) is 0 Å². The van der Waals surface area contributed by atoms with Crippen LogP contribution in [0.15, 0.2) is 30.5 Å². The maximum atomic E-state index is 13.0. The van der Waals surface area contributed by atoms with E-state index in [1.165, 1.54) is 31.4 Å². The molecule has 0 bridgehead atoms. The molecule has 108 valence electrons. The average Bonchev–Trinajstić information content (AvgIpc) is 2.88. The number of benzene rings is 1. The Morgan fingerprint density at radius 2 is 1.95 bits per heavy atom. The minimum atomic E-state index is -0.216. The standard InChI is InChI=1S/C16H22FN3/c1-3-4-5-10-20(2)12-14-11-18-19-16(14)13-6-8-15(17)9-7-13/h6-9,11H,3-5,10,12H2,1-2H3,(H,18,19). The highest BCUT2D eigenvalue weighted by atomic mass is 19.1. The van der Waals surface area contributed by atoms with Gasteiger partial charge in [-0.2, -0.15) is 5.10 Å². The Labute approximate surface area is 119 Å². The molecule has 0 spiro atoms. The number of nitrogens with one attached hydrogen (secondary N) is 1. The second-order valence-corrected chi connectivity index (χ2v) is 5.22. The SMILES string of the molecule is CCCCCN(C)Cc1cn[nH]c1-c1ccc(F)cc1. The van der Waals surface area contributed by atoms with E-state index < -0.39 is 0 Å². The number of nitrogens with zero attached hydrogens (tertiary/aromatic N) is 2. The predicted molar refractivity (Wildman–Crippen MR) is 79.8 cm³/mol. The second-order valence-electron chi connectivity index (χ2n) is 5.22. The molecular formula is C16H22FN3. The molecule has 0 saturated heterocycles. The Kier molecular flexibility index (Phi) is 5.30. The fourth-order valence-electron chi connectivity index (χ4n) is 2.30. The van der Waals surface area contributed by atoms with E-state index in [9.17, 15) is 4.39 Å². The summed E-state index contributed by atoms with van der Waals surface area (Å²) in [5.41, 5.74) is 3.10. The molecule has 4 heteroatoms. The van der Waals surface area contributed by atoms with Crippen LogP contribution in [0.1, 0.15) is 31.7 Å². The molecule has 1 aromatic heterocycles. The number of hydrogen-bond acceptors (Lipinski definition) is 2. The summed E-state index contributed by atoms with van der Waals surface area (Å²) < 4.78 is 13.0. The van der Waals surface area contributed by atoms with Crippen molar-refractivity contribution in [1.29, 1.82) is 0 Å². The Hall–Kier alpha value is -1.68. The smallest absolute Gasteiger partial charge is 0.123 e. The zero-order valence-corrected chi connectivity index (χ0v) is 12.2. The molecule has 1 N–H and O–H groups in total. The number of aromatic nitrogens is 2. The highest BCUT2D eigenvalue weighted by molar-refractivity contribution is 5.62. The lowest BCUT2D eigenvalue weighted by atomic mass is 10.1. The van der Waals surface area contributed by atoms with Crippen molar-refractivity contribution in [3.8, 4) is 11.3 Å². The van der Waals surface area contributed by atoms with Crippen molar-refractivity contribution in [2.24, 2.45) is 0 Å². The molecule has 1 aromatic carbocycles. The molecule has 2 aromatic rings. The lowest BCUT2D eigenvalue weighted by Gasteiger charge is -2.16. The van der Waals surface area contributed by atoms with Gasteiger partial charge >= 0.3 is 0 Å². The van der Waals surface area contributed by atoms with Crippen LogP contribution in [0.25, 0.3) is 11.3 Å². The number of rotatable bonds is 7. The third kappa shape index (κ3) is 3.90. The first-order valence-electron chi connectivity index (χ1n) is 7.17. The maximum Gasteiger partial charge on any atom is 0.123 e. The first kappa shape index (κ1) is 14.7. The minimum absolute atomic E-state index is 0.216. The van der Waals surface area contributed by atoms with Gasteiger partial charge in [-0.05, 0) is 44.3 Å². The van der Waals surface area contributed by atoms with Crippen LogP contribution < -0.4 is 0 Å². The van der Waals surface area contributed by atoms with Gasteiger partial charge in [0.05, 0.1) is 11.9 Å². The van der Waals surface area contributed by atoms with Crippen molar-refractivity contribution in [2.45, 2.75) is 32.7 Å². The molecule has 1 heterocycles. The molecule has 20 heavy (non-hydrogen) atoms. The van der Waals surface area contributed by atoms with Gasteiger partial charge < -0.3 is 4.90 Å². The van der Waals surface area contributed by atoms with Crippen molar-refractivity contribution in [2.75, 3.05) is 13.6 Å². The first-order valence-corrected chi connectivity index (χ1v) is 7.17. The van der Waals surface area contributed by atoms with Crippen LogP contribution in [-0.2, 0) is 6.54 Å². The van der Waals surface area contributed by atoms with E-state index in [4.69, 9.17) is 0 Å². The van der Waals surface area contributed by atoms with E-state index in [2.05, 4.69) is 29.1 Å². The summed E-state index contributed by atoms with van der Waals surface area (Å²) in [5.74, 6) is -0.216. The Morgan fingerprint density at radius 3 is 2.65 bits per heavy atom. The molecule has 0 fully saturated rings. The van der Waals surface area contributed by atoms with E-state index in [-0.39, 0.29) is 5.82 Å². The molecule has 0 unspecified atom stereocenters. The maximum absolute atomic E-state index is 13.0. The van der Waals surface area contributed by atoms with Crippen LogP contribution in [0.3, 0.4) is 0 Å². The van der Waals surface area contributed by atoms with E-state index in [0.29, 0.717) is 0 Å². The lowest BCUT2D eigenvalue weighted by molar-refractivity contribution is 0.318. The van der Waals surface area contributed by atoms with Crippen LogP contribution in [0.4, 0.5) is 4.39 Å². The van der Waals surface area contributed by atoms with Crippen molar-refractivity contribution in [3.63, 3.8) is 0 Å². The topological polar surface area (TPSA) is 31.9 Å². The summed E-state index contributed by atoms with van der Waals surface area (Å²) in [7, 11) is 2.12. The number of unbranched alkanes of at least 4 members (excludes halogenated alkanes) is 2. The van der Waals surface area contributed by atoms with E-state index in [1.54, 1.807) is 12.1 Å². The molecule has 0 saturated carbocycles. The lowest BCUT2D eigenvalue weighted by Crippen LogP contribution is -2.19. The summed E-state index contributed by atoms with van der Waals surface area (Å²) in [5, 5.41) is 7.14. The summed E-state index contributed by atoms with van der Waals surface area (Å²) in [6.45, 7) is 4.15. The van der Waals surface area contributed by atoms with Gasteiger partial charge in [-0.1, -0.05) is 19.8 Å². The Morgan fingerprint density at radius 1 is 1.20 bits per heavy atom. The number of halogens is 1. The molecule has 0 aliphatic heterocycles. The number of hydrogen-bond donors (Lipinski definition) is 1. The van der Waals surface area contributed by atoms with Crippen molar-refractivity contribution in [3.05, 3.63) is 41.8 Å². The van der Waals surface area contributed by atoms with Crippen LogP contribution in [0, 0.1) is 5.82 Å². The highest BCUT2D eigenvalue weighted by Crippen LogP contribution is 2.22. The summed E-state index contributed by atoms with van der Waals surface area (Å²) in [6.07, 6.45) is 5.58. The second kappa shape index (κ2) is 7.20. The molecule has 0 aliphatic rings. The Balaban J connectivity index is 2.03. The van der Waals surface area contributed by atoms with Gasteiger partial charge in [0.1, 0.15) is 5.82 Å². The molecule has 0 atom stereocenters. The number of H-pyrrole nitrogens is 1. The summed E-state index contributed by atoms with van der Waals surface area (Å²) in [6, 6.07) is 6.52. The van der Waals surface area contributed by atoms with Gasteiger partial charge in [0, 0.05) is 17.7 Å². The largest absolute Gasteiger partial charge is 0.302 e. The Bertz CT molecular complexity index is 519. The van der Waals surface area contributed by atoms with Gasteiger partial charge in [0.15, 0.2) is 0 Å². The summed E-state index contributed by atoms with van der Waals surface area (Å²) in [4.78, 5) is 2.30. The minimum Gasteiger partial charge on any atom is -0.302 e. The fourth-order valence-corrected chi connectivity index (χ4v) is 2.30. The first-order chi connectivity index (χ1) is 9.70. The van der Waals surface area contributed by atoms with Crippen molar-refractivity contribution in [1.82, 2.24) is 15.1 Å². The highest BCUT2D eigenvalue weighted by Gasteiger charge is 2.10. The van der Waals surface area contributed by atoms with Gasteiger partial charge in [-0.25, -0.2) is 4.39 Å². The van der Waals surface area contributed by atoms with E-state index >= 15 is 0 Å². The van der Waals surface area contributed by atoms with Crippen LogP contribution in [-0.4, -0.2) is 28.7 Å². The molecule has 0 aliphatic carbocycles. The summed E-state index contributed by atoms with van der Waals surface area (Å²) >= 11 is 0. The van der Waals surface area contributed by atoms with E-state index in [1.807, 2.05) is 6.20 Å². The third-order valence-corrected chi connectivity index (χ3v) is 3.43. The number of aromatic amines is 1. The van der Waals surface area contributed by atoms with Gasteiger partial charge in [-0.3, -0.25) is 5.10 Å². The molecule has 0 radical (unpaired) electrons. The van der Waals surface area contributed by atoms with Crippen LogP contribution in [0.2, 0.25) is 0 Å². The van der Waals surface area contributed by atoms with Crippen molar-refractivity contribution < 1.29 is 4.39 Å². The van der Waals surface area contributed by atoms with Crippen molar-refractivity contribution >= 4 is 0 Å². The van der Waals surface area contributed by atoms with E-state index in [0.717, 1.165) is 29.9 Å². The van der Waals surface area contributed by atoms with Gasteiger partial charge in [0.25, 0.3) is 0 Å². The average molecular weight is 275 g/mol. The fraction of sp³-hybridized carbons (Fsp3) is 0.438. The zero-order valence-electron chi connectivity index (χ0n) is 12.2. The quantitative estimate of drug-likeness (QED) is 0.779.